The number of aliphatic hydroxyl groups is 7. The first kappa shape index (κ1) is 57.3. The highest BCUT2D eigenvalue weighted by Crippen LogP contribution is 2.38. The monoisotopic (exact) mass is 1090 g/mol. The van der Waals surface area contributed by atoms with Crippen LogP contribution in [0.25, 0.3) is 0 Å². The Morgan fingerprint density at radius 3 is 1.09 bits per heavy atom. The number of rotatable bonds is 20. The lowest BCUT2D eigenvalue weighted by atomic mass is 9.95. The van der Waals surface area contributed by atoms with E-state index >= 15 is 0 Å². The molecular weight excluding hydrogens is 1060 g/mol. The first-order valence-corrected chi connectivity index (χ1v) is 24.2. The van der Waals surface area contributed by atoms with Crippen LogP contribution in [0.1, 0.15) is 0 Å². The van der Waals surface area contributed by atoms with Crippen LogP contribution < -0.4 is 0 Å². The van der Waals surface area contributed by atoms with Crippen molar-refractivity contribution in [3.8, 4) is 0 Å². The van der Waals surface area contributed by atoms with Crippen molar-refractivity contribution in [3.05, 3.63) is 0 Å². The number of hydrogen-bond donors (Lipinski definition) is 14. The topological polar surface area (TPSA) is 599 Å². The lowest BCUT2D eigenvalue weighted by Gasteiger charge is -2.49. The van der Waals surface area contributed by atoms with Crippen LogP contribution >= 0.6 is 0 Å². The largest absolute Gasteiger partial charge is 0.479 e. The second-order valence-corrected chi connectivity index (χ2v) is 18.9. The molecule has 4 aliphatic heterocycles. The molecule has 4 heterocycles. The molecule has 4 fully saturated rings. The molecule has 0 saturated carbocycles. The minimum absolute atomic E-state index is 1.50. The number of ether oxygens (including phenoxy) is 7. The summed E-state index contributed by atoms with van der Waals surface area (Å²) < 4.78 is 221. The van der Waals surface area contributed by atoms with E-state index in [0.29, 0.717) is 0 Å². The Hall–Kier alpha value is -2.27. The van der Waals surface area contributed by atoms with E-state index in [-0.39, 0.29) is 0 Å². The van der Waals surface area contributed by atoms with Crippen LogP contribution in [0.2, 0.25) is 0 Å². The molecule has 14 N–H and O–H groups in total. The van der Waals surface area contributed by atoms with Crippen molar-refractivity contribution < 1.29 is 174 Å². The summed E-state index contributed by atoms with van der Waals surface area (Å²) in [4.78, 5) is 24.6. The summed E-state index contributed by atoms with van der Waals surface area (Å²) in [7, 11) is -28.9. The second kappa shape index (κ2) is 21.6. The minimum atomic E-state index is -6.00. The quantitative estimate of drug-likeness (QED) is 0.0504. The maximum atomic E-state index is 12.6. The maximum absolute atomic E-state index is 12.6. The summed E-state index contributed by atoms with van der Waals surface area (Å²) in [5, 5.41) is 94.3. The van der Waals surface area contributed by atoms with Gasteiger partial charge in [-0.1, -0.05) is 0 Å². The number of hydrogen-bond acceptors (Lipinski definition) is 31. The number of carbonyl (C=O) groups is 2. The maximum Gasteiger partial charge on any atom is 0.397 e. The number of aliphatic hydroxyl groups excluding tert-OH is 7. The third kappa shape index (κ3) is 15.1. The Morgan fingerprint density at radius 2 is 0.701 bits per heavy atom. The van der Waals surface area contributed by atoms with E-state index in [2.05, 4.69) is 25.7 Å². The molecule has 1 unspecified atom stereocenters. The van der Waals surface area contributed by atoms with E-state index in [4.69, 9.17) is 37.5 Å². The molecule has 4 saturated heterocycles. The molecule has 0 radical (unpaired) electrons. The zero-order valence-corrected chi connectivity index (χ0v) is 36.1. The highest BCUT2D eigenvalue weighted by molar-refractivity contribution is 7.81. The lowest BCUT2D eigenvalue weighted by molar-refractivity contribution is -0.379. The van der Waals surface area contributed by atoms with Crippen LogP contribution in [-0.2, 0) is 116 Å². The summed E-state index contributed by atoms with van der Waals surface area (Å²) in [5.74, 6) is -4.48. The van der Waals surface area contributed by atoms with Crippen molar-refractivity contribution in [2.75, 3.05) is 13.2 Å². The van der Waals surface area contributed by atoms with Gasteiger partial charge in [-0.3, -0.25) is 22.8 Å². The third-order valence-corrected chi connectivity index (χ3v) is 11.5. The van der Waals surface area contributed by atoms with E-state index in [1.54, 1.807) is 0 Å². The Balaban J connectivity index is 1.77. The predicted molar refractivity (Wildman–Crippen MR) is 187 cm³/mol. The van der Waals surface area contributed by atoms with Crippen LogP contribution in [0.3, 0.4) is 0 Å². The number of carboxylic acid groups (broad SMARTS) is 2. The van der Waals surface area contributed by atoms with Crippen molar-refractivity contribution in [2.24, 2.45) is 0 Å². The molecule has 0 amide bonds. The SMILES string of the molecule is O=C(O)[C@@H]1O[C@@H](O[C@@H]2[C@@H](O)[C@H](O[C@H]3[C@H](O)[C@@H](OS(=O)(=O)O)C(O)O[C@H]3C(=O)O)O[C@H](CO)[C@@H]2OS(=O)(=O)O)[C@H](OS(=O)(=O)O)[C@@H](O)[C@@H]1O[C@@H]1O[C@H](CO)[C@H](OS(=O)(=O)O)[C@H](OS(=O)(=O)O)[C@H]1O. The molecule has 0 spiro atoms. The van der Waals surface area contributed by atoms with Crippen molar-refractivity contribution in [2.45, 2.75) is 123 Å². The molecular formula is C24H38O38S5. The summed E-state index contributed by atoms with van der Waals surface area (Å²) >= 11 is 0. The lowest BCUT2D eigenvalue weighted by Crippen LogP contribution is -2.69. The molecule has 0 aromatic rings. The van der Waals surface area contributed by atoms with Gasteiger partial charge >= 0.3 is 63.9 Å². The number of carboxylic acids is 2. The second-order valence-electron chi connectivity index (χ2n) is 13.7. The minimum Gasteiger partial charge on any atom is -0.479 e. The molecule has 0 bridgehead atoms. The fraction of sp³-hybridized carbons (Fsp3) is 0.917. The Morgan fingerprint density at radius 1 is 0.388 bits per heavy atom. The van der Waals surface area contributed by atoms with Crippen LogP contribution in [0.4, 0.5) is 0 Å². The van der Waals surface area contributed by atoms with Gasteiger partial charge in [-0.2, -0.15) is 42.1 Å². The van der Waals surface area contributed by atoms with E-state index in [1.807, 2.05) is 0 Å². The molecule has 0 aliphatic carbocycles. The van der Waals surface area contributed by atoms with Gasteiger partial charge in [0, 0.05) is 0 Å². The first-order valence-electron chi connectivity index (χ1n) is 17.4. The molecule has 4 rings (SSSR count). The highest BCUT2D eigenvalue weighted by atomic mass is 32.3. The smallest absolute Gasteiger partial charge is 0.397 e. The van der Waals surface area contributed by atoms with Gasteiger partial charge in [0.15, 0.2) is 49.6 Å². The molecule has 38 nitrogen and oxygen atoms in total. The molecule has 392 valence electrons. The van der Waals surface area contributed by atoms with Gasteiger partial charge in [0.2, 0.25) is 0 Å². The summed E-state index contributed by atoms with van der Waals surface area (Å²) in [6.45, 7) is -3.05. The molecule has 0 aromatic carbocycles. The van der Waals surface area contributed by atoms with Crippen molar-refractivity contribution in [1.29, 1.82) is 0 Å². The van der Waals surface area contributed by atoms with Gasteiger partial charge in [0.05, 0.1) is 13.2 Å². The first-order chi connectivity index (χ1) is 30.5. The fourth-order valence-corrected chi connectivity index (χ4v) is 9.16. The Bertz CT molecular complexity index is 2310. The van der Waals surface area contributed by atoms with Crippen LogP contribution in [0, 0.1) is 0 Å². The average molecular weight is 1090 g/mol. The zero-order chi connectivity index (χ0) is 51.1. The zero-order valence-electron chi connectivity index (χ0n) is 32.1. The third-order valence-electron chi connectivity index (χ3n) is 9.17. The molecule has 20 atom stereocenters. The van der Waals surface area contributed by atoms with Gasteiger partial charge in [0.1, 0.15) is 73.2 Å². The highest BCUT2D eigenvalue weighted by Gasteiger charge is 2.60. The van der Waals surface area contributed by atoms with Gasteiger partial charge in [-0.05, 0) is 0 Å². The summed E-state index contributed by atoms with van der Waals surface area (Å²) in [5.41, 5.74) is 0. The normalized spacial score (nSPS) is 40.5. The van der Waals surface area contributed by atoms with Crippen LogP contribution in [0.5, 0.6) is 0 Å². The van der Waals surface area contributed by atoms with Gasteiger partial charge in [-0.15, -0.1) is 0 Å². The summed E-state index contributed by atoms with van der Waals surface area (Å²) in [6.07, 6.45) is -55.4. The standard InChI is InChI=1S/C24H38O38S5/c25-1-3-9(58-63(36,37)38)13(7(29)22(51-3)54-11-5(27)15(61-66(45,46)47)21(35)53-17(11)19(31)32)56-24-16(62-67(48,49)50)6(28)12(18(57-24)20(33)34)55-23-8(30)14(60-65(42,43)44)10(4(2-26)52-23)59-64(39,40)41/h3-18,21-30,35H,1-2H2,(H,31,32)(H,33,34)(H,36,37,38)(H,39,40,41)(H,42,43,44)(H,45,46,47)(H,48,49,50)/t3-,4-,5+,6+,7-,8-,9+,10+,11+,12+,13-,14-,15-,16-,17-,18-,21?,22+,23+,24-/m1/s1. The molecule has 0 aromatic heterocycles. The van der Waals surface area contributed by atoms with Gasteiger partial charge in [0.25, 0.3) is 0 Å². The molecule has 43 heteroatoms. The Kier molecular flexibility index (Phi) is 18.5. The molecule has 4 aliphatic rings. The number of aliphatic carboxylic acids is 2. The van der Waals surface area contributed by atoms with E-state index < -0.39 is 200 Å². The van der Waals surface area contributed by atoms with E-state index in [1.165, 1.54) is 0 Å². The van der Waals surface area contributed by atoms with Crippen molar-refractivity contribution >= 4 is 63.9 Å². The van der Waals surface area contributed by atoms with Crippen molar-refractivity contribution in [3.63, 3.8) is 0 Å². The Labute approximate surface area is 373 Å². The molecule has 67 heavy (non-hydrogen) atoms. The van der Waals surface area contributed by atoms with E-state index in [9.17, 15) is 111 Å². The fourth-order valence-electron chi connectivity index (χ4n) is 6.65. The predicted octanol–water partition coefficient (Wildman–Crippen LogP) is -10.4. The van der Waals surface area contributed by atoms with E-state index in [0.717, 1.165) is 0 Å². The van der Waals surface area contributed by atoms with Crippen molar-refractivity contribution in [1.82, 2.24) is 0 Å². The van der Waals surface area contributed by atoms with Gasteiger partial charge in [-0.25, -0.2) is 30.5 Å². The van der Waals surface area contributed by atoms with Crippen LogP contribution in [0.15, 0.2) is 0 Å². The summed E-state index contributed by atoms with van der Waals surface area (Å²) in [6, 6.07) is 0. The van der Waals surface area contributed by atoms with Crippen LogP contribution in [-0.4, -0.2) is 259 Å². The average Bonchev–Trinajstić information content (AvgIpc) is 3.15. The van der Waals surface area contributed by atoms with Gasteiger partial charge < -0.3 is 79.1 Å².